The number of carbonyl (C=O) groups is 3. The van der Waals surface area contributed by atoms with Gasteiger partial charge < -0.3 is 19.3 Å². The van der Waals surface area contributed by atoms with Crippen molar-refractivity contribution in [3.05, 3.63) is 11.6 Å². The van der Waals surface area contributed by atoms with Crippen molar-refractivity contribution < 1.29 is 33.7 Å². The molecule has 3 fully saturated rings. The van der Waals surface area contributed by atoms with E-state index in [0.717, 1.165) is 24.8 Å². The van der Waals surface area contributed by atoms with Crippen molar-refractivity contribution in [1.82, 2.24) is 0 Å². The van der Waals surface area contributed by atoms with Crippen molar-refractivity contribution in [2.24, 2.45) is 28.6 Å². The SMILES string of the molecule is COC(=O)O[C@]1(C(=O)OCCl)CC[C@H]2[C@@H]3CCC4=CC(=O)CC[C@]4(C)[C@H]3[C@@H](O)C[C@@]21C. The van der Waals surface area contributed by atoms with Crippen LogP contribution in [0.4, 0.5) is 4.79 Å². The van der Waals surface area contributed by atoms with Crippen molar-refractivity contribution in [3.8, 4) is 0 Å². The number of alkyl halides is 1. The van der Waals surface area contributed by atoms with Gasteiger partial charge in [0, 0.05) is 11.8 Å². The van der Waals surface area contributed by atoms with Crippen LogP contribution in [0.25, 0.3) is 0 Å². The van der Waals surface area contributed by atoms with Gasteiger partial charge in [0.2, 0.25) is 5.60 Å². The van der Waals surface area contributed by atoms with Gasteiger partial charge in [-0.15, -0.1) is 0 Å². The minimum Gasteiger partial charge on any atom is -0.446 e. The highest BCUT2D eigenvalue weighted by atomic mass is 35.5. The second-order valence-corrected chi connectivity index (χ2v) is 10.3. The molecule has 0 unspecified atom stereocenters. The Labute approximate surface area is 187 Å². The Morgan fingerprint density at radius 2 is 1.97 bits per heavy atom. The fourth-order valence-electron chi connectivity index (χ4n) is 7.57. The molecule has 4 aliphatic carbocycles. The summed E-state index contributed by atoms with van der Waals surface area (Å²) in [5.41, 5.74) is -1.45. The number of ketones is 1. The van der Waals surface area contributed by atoms with Crippen molar-refractivity contribution in [1.29, 1.82) is 0 Å². The number of ether oxygens (including phenoxy) is 3. The lowest BCUT2D eigenvalue weighted by molar-refractivity contribution is -0.201. The van der Waals surface area contributed by atoms with Gasteiger partial charge in [-0.05, 0) is 67.8 Å². The predicted octanol–water partition coefficient (Wildman–Crippen LogP) is 3.75. The number of rotatable bonds is 3. The first-order chi connectivity index (χ1) is 14.6. The highest BCUT2D eigenvalue weighted by molar-refractivity contribution is 6.17. The van der Waals surface area contributed by atoms with Crippen LogP contribution in [-0.4, -0.2) is 47.9 Å². The number of esters is 1. The van der Waals surface area contributed by atoms with E-state index in [4.69, 9.17) is 25.8 Å². The summed E-state index contributed by atoms with van der Waals surface area (Å²) in [7, 11) is 1.20. The molecule has 3 saturated carbocycles. The van der Waals surface area contributed by atoms with E-state index >= 15 is 0 Å². The molecule has 0 aromatic heterocycles. The Balaban J connectivity index is 1.74. The van der Waals surface area contributed by atoms with Gasteiger partial charge in [0.25, 0.3) is 0 Å². The monoisotopic (exact) mass is 454 g/mol. The summed E-state index contributed by atoms with van der Waals surface area (Å²) in [5, 5.41) is 11.5. The zero-order valence-electron chi connectivity index (χ0n) is 18.3. The highest BCUT2D eigenvalue weighted by Crippen LogP contribution is 2.68. The van der Waals surface area contributed by atoms with Crippen LogP contribution in [0.1, 0.15) is 58.8 Å². The first-order valence-electron chi connectivity index (χ1n) is 11.0. The topological polar surface area (TPSA) is 99.1 Å². The van der Waals surface area contributed by atoms with E-state index in [2.05, 4.69) is 6.92 Å². The Morgan fingerprint density at radius 3 is 2.65 bits per heavy atom. The average molecular weight is 455 g/mol. The second-order valence-electron chi connectivity index (χ2n) is 10.0. The standard InChI is InChI=1S/C23H31ClO7/c1-21-8-6-14(25)10-13(21)4-5-15-16-7-9-23(19(27)30-12-24,31-20(28)29-3)22(16,2)11-17(26)18(15)21/h10,15-18,26H,4-9,11-12H2,1-3H3/t15-,16-,17-,18+,21-,22-,23-/m0/s1. The summed E-state index contributed by atoms with van der Waals surface area (Å²) in [5.74, 6) is -0.317. The van der Waals surface area contributed by atoms with Gasteiger partial charge in [-0.2, -0.15) is 0 Å². The molecule has 7 atom stereocenters. The van der Waals surface area contributed by atoms with Gasteiger partial charge in [-0.1, -0.05) is 31.0 Å². The molecule has 8 heteroatoms. The number of fused-ring (bicyclic) bond motifs is 5. The lowest BCUT2D eigenvalue weighted by Gasteiger charge is -2.60. The number of hydrogen-bond acceptors (Lipinski definition) is 7. The van der Waals surface area contributed by atoms with E-state index in [9.17, 15) is 19.5 Å². The van der Waals surface area contributed by atoms with E-state index in [0.29, 0.717) is 25.7 Å². The minimum absolute atomic E-state index is 0.00310. The summed E-state index contributed by atoms with van der Waals surface area (Å²) in [6.45, 7) is 4.09. The number of aliphatic hydroxyl groups excluding tert-OH is 1. The molecule has 7 nitrogen and oxygen atoms in total. The minimum atomic E-state index is -1.55. The molecule has 172 valence electrons. The molecular weight excluding hydrogens is 424 g/mol. The summed E-state index contributed by atoms with van der Waals surface area (Å²) < 4.78 is 15.5. The van der Waals surface area contributed by atoms with Gasteiger partial charge in [-0.25, -0.2) is 9.59 Å². The third kappa shape index (κ3) is 3.14. The zero-order valence-corrected chi connectivity index (χ0v) is 19.1. The van der Waals surface area contributed by atoms with Crippen LogP contribution in [0.5, 0.6) is 0 Å². The molecule has 1 N–H and O–H groups in total. The molecule has 4 rings (SSSR count). The molecule has 0 aromatic rings. The summed E-state index contributed by atoms with van der Waals surface area (Å²) in [4.78, 5) is 37.3. The number of aliphatic hydroxyl groups is 1. The van der Waals surface area contributed by atoms with E-state index in [-0.39, 0.29) is 35.0 Å². The highest BCUT2D eigenvalue weighted by Gasteiger charge is 2.71. The van der Waals surface area contributed by atoms with Gasteiger partial charge in [0.05, 0.1) is 13.2 Å². The third-order valence-corrected chi connectivity index (χ3v) is 9.07. The van der Waals surface area contributed by atoms with E-state index in [1.54, 1.807) is 6.08 Å². The third-order valence-electron chi connectivity index (χ3n) is 8.96. The molecule has 0 bridgehead atoms. The maximum Gasteiger partial charge on any atom is 0.509 e. The quantitative estimate of drug-likeness (QED) is 0.512. The van der Waals surface area contributed by atoms with Crippen LogP contribution in [0.3, 0.4) is 0 Å². The predicted molar refractivity (Wildman–Crippen MR) is 111 cm³/mol. The number of carbonyl (C=O) groups excluding carboxylic acids is 3. The van der Waals surface area contributed by atoms with Crippen LogP contribution in [0, 0.1) is 28.6 Å². The second kappa shape index (κ2) is 7.77. The summed E-state index contributed by atoms with van der Waals surface area (Å²) in [6, 6.07) is -0.347. The average Bonchev–Trinajstić information content (AvgIpc) is 3.01. The molecule has 0 spiro atoms. The Kier molecular flexibility index (Phi) is 5.66. The van der Waals surface area contributed by atoms with Gasteiger partial charge in [0.15, 0.2) is 11.8 Å². The Bertz CT molecular complexity index is 825. The number of methoxy groups -OCH3 is 1. The van der Waals surface area contributed by atoms with Crippen LogP contribution in [0.2, 0.25) is 0 Å². The van der Waals surface area contributed by atoms with Crippen molar-refractivity contribution in [3.63, 3.8) is 0 Å². The Morgan fingerprint density at radius 1 is 1.23 bits per heavy atom. The molecule has 31 heavy (non-hydrogen) atoms. The van der Waals surface area contributed by atoms with Crippen molar-refractivity contribution in [2.45, 2.75) is 70.5 Å². The van der Waals surface area contributed by atoms with Crippen molar-refractivity contribution >= 4 is 29.5 Å². The smallest absolute Gasteiger partial charge is 0.446 e. The molecule has 4 aliphatic rings. The van der Waals surface area contributed by atoms with Crippen LogP contribution in [-0.2, 0) is 23.8 Å². The number of allylic oxidation sites excluding steroid dienone is 1. The fourth-order valence-corrected chi connectivity index (χ4v) is 7.67. The first kappa shape index (κ1) is 22.6. The van der Waals surface area contributed by atoms with Gasteiger partial charge >= 0.3 is 12.1 Å². The molecule has 0 amide bonds. The largest absolute Gasteiger partial charge is 0.509 e. The molecule has 0 heterocycles. The zero-order chi connectivity index (χ0) is 22.6. The van der Waals surface area contributed by atoms with Gasteiger partial charge in [0.1, 0.15) is 0 Å². The molecular formula is C23H31ClO7. The summed E-state index contributed by atoms with van der Waals surface area (Å²) >= 11 is 5.68. The van der Waals surface area contributed by atoms with Crippen LogP contribution >= 0.6 is 11.6 Å². The molecule has 0 aliphatic heterocycles. The lowest BCUT2D eigenvalue weighted by atomic mass is 9.45. The number of hydrogen-bond donors (Lipinski definition) is 1. The van der Waals surface area contributed by atoms with Crippen LogP contribution < -0.4 is 0 Å². The first-order valence-corrected chi connectivity index (χ1v) is 11.6. The fraction of sp³-hybridized carbons (Fsp3) is 0.783. The van der Waals surface area contributed by atoms with Crippen LogP contribution in [0.15, 0.2) is 11.6 Å². The maximum atomic E-state index is 13.1. The molecule has 0 aromatic carbocycles. The van der Waals surface area contributed by atoms with Gasteiger partial charge in [-0.3, -0.25) is 4.79 Å². The van der Waals surface area contributed by atoms with E-state index < -0.39 is 29.2 Å². The van der Waals surface area contributed by atoms with E-state index in [1.165, 1.54) is 7.11 Å². The summed E-state index contributed by atoms with van der Waals surface area (Å²) in [6.07, 6.45) is 4.27. The molecule has 0 radical (unpaired) electrons. The maximum absolute atomic E-state index is 13.1. The Hall–Kier alpha value is -1.60. The van der Waals surface area contributed by atoms with Crippen molar-refractivity contribution in [2.75, 3.05) is 13.2 Å². The number of halogens is 1. The molecule has 0 saturated heterocycles. The normalized spacial score (nSPS) is 43.8. The lowest BCUT2D eigenvalue weighted by Crippen LogP contribution is -2.63. The van der Waals surface area contributed by atoms with E-state index in [1.807, 2.05) is 6.92 Å².